The van der Waals surface area contributed by atoms with E-state index in [1.807, 2.05) is 71.4 Å². The molecule has 4 rings (SSSR count). The predicted molar refractivity (Wildman–Crippen MR) is 113 cm³/mol. The molecule has 2 heterocycles. The normalized spacial score (nSPS) is 10.7. The highest BCUT2D eigenvalue weighted by molar-refractivity contribution is 5.96. The van der Waals surface area contributed by atoms with E-state index in [0.29, 0.717) is 11.5 Å². The molecule has 0 saturated heterocycles. The summed E-state index contributed by atoms with van der Waals surface area (Å²) in [6, 6.07) is 19.0. The lowest BCUT2D eigenvalue weighted by molar-refractivity contribution is -0.115. The molecule has 0 atom stereocenters. The van der Waals surface area contributed by atoms with Crippen LogP contribution in [0.15, 0.2) is 73.1 Å². The Morgan fingerprint density at radius 3 is 2.59 bits per heavy atom. The Labute approximate surface area is 168 Å². The molecular weight excluding hydrogens is 366 g/mol. The topological polar surface area (TPSA) is 64.9 Å². The Hall–Kier alpha value is -3.80. The Kier molecular flexibility index (Phi) is 5.16. The van der Waals surface area contributed by atoms with E-state index in [0.717, 1.165) is 28.2 Å². The Morgan fingerprint density at radius 1 is 1.00 bits per heavy atom. The molecule has 0 aliphatic heterocycles. The van der Waals surface area contributed by atoms with Crippen molar-refractivity contribution in [1.82, 2.24) is 9.38 Å². The number of fused-ring (bicyclic) bond motifs is 1. The van der Waals surface area contributed by atoms with Crippen molar-refractivity contribution in [3.8, 4) is 22.8 Å². The van der Waals surface area contributed by atoms with Crippen LogP contribution in [-0.2, 0) is 11.2 Å². The minimum atomic E-state index is -0.117. The van der Waals surface area contributed by atoms with Gasteiger partial charge in [-0.3, -0.25) is 4.79 Å². The van der Waals surface area contributed by atoms with Crippen molar-refractivity contribution in [2.75, 3.05) is 19.5 Å². The zero-order chi connectivity index (χ0) is 20.2. The van der Waals surface area contributed by atoms with Gasteiger partial charge in [0.05, 0.1) is 32.0 Å². The van der Waals surface area contributed by atoms with Crippen LogP contribution < -0.4 is 14.8 Å². The fourth-order valence-electron chi connectivity index (χ4n) is 3.25. The van der Waals surface area contributed by atoms with E-state index in [9.17, 15) is 4.79 Å². The molecule has 4 aromatic rings. The number of hydrogen-bond acceptors (Lipinski definition) is 4. The predicted octanol–water partition coefficient (Wildman–Crippen LogP) is 4.20. The van der Waals surface area contributed by atoms with Crippen LogP contribution in [-0.4, -0.2) is 29.5 Å². The Bertz CT molecular complexity index is 1130. The number of anilines is 1. The molecule has 6 heteroatoms. The molecule has 0 radical (unpaired) electrons. The standard InChI is InChI=1S/C23H21N3O3/c1-28-20-11-10-16(13-21(20)29-2)14-23(27)25-18-8-4-3-7-17(18)19-15-26-12-6-5-9-22(26)24-19/h3-13,15H,14H2,1-2H3,(H,25,27). The van der Waals surface area contributed by atoms with Gasteiger partial charge in [-0.2, -0.15) is 0 Å². The van der Waals surface area contributed by atoms with Crippen molar-refractivity contribution in [3.05, 3.63) is 78.6 Å². The molecule has 0 fully saturated rings. The smallest absolute Gasteiger partial charge is 0.228 e. The summed E-state index contributed by atoms with van der Waals surface area (Å²) in [4.78, 5) is 17.3. The molecule has 0 spiro atoms. The van der Waals surface area contributed by atoms with E-state index in [-0.39, 0.29) is 12.3 Å². The molecule has 0 aliphatic rings. The van der Waals surface area contributed by atoms with Gasteiger partial charge in [0.25, 0.3) is 0 Å². The van der Waals surface area contributed by atoms with E-state index >= 15 is 0 Å². The number of nitrogens with zero attached hydrogens (tertiary/aromatic N) is 2. The van der Waals surface area contributed by atoms with Crippen molar-refractivity contribution in [2.45, 2.75) is 6.42 Å². The number of ether oxygens (including phenoxy) is 2. The zero-order valence-electron chi connectivity index (χ0n) is 16.3. The first-order valence-corrected chi connectivity index (χ1v) is 9.22. The lowest BCUT2D eigenvalue weighted by Gasteiger charge is -2.11. The molecule has 0 saturated carbocycles. The number of hydrogen-bond donors (Lipinski definition) is 1. The average Bonchev–Trinajstić information content (AvgIpc) is 3.18. The van der Waals surface area contributed by atoms with Gasteiger partial charge in [-0.05, 0) is 35.9 Å². The van der Waals surface area contributed by atoms with Gasteiger partial charge in [-0.15, -0.1) is 0 Å². The zero-order valence-corrected chi connectivity index (χ0v) is 16.3. The van der Waals surface area contributed by atoms with Gasteiger partial charge in [0, 0.05) is 18.0 Å². The van der Waals surface area contributed by atoms with E-state index in [1.54, 1.807) is 20.3 Å². The number of nitrogens with one attached hydrogen (secondary N) is 1. The maximum atomic E-state index is 12.7. The molecule has 29 heavy (non-hydrogen) atoms. The van der Waals surface area contributed by atoms with E-state index < -0.39 is 0 Å². The largest absolute Gasteiger partial charge is 0.493 e. The summed E-state index contributed by atoms with van der Waals surface area (Å²) in [5.74, 6) is 1.12. The van der Waals surface area contributed by atoms with Crippen LogP contribution in [0.25, 0.3) is 16.9 Å². The fourth-order valence-corrected chi connectivity index (χ4v) is 3.25. The van der Waals surface area contributed by atoms with Gasteiger partial charge in [-0.1, -0.05) is 30.3 Å². The monoisotopic (exact) mass is 387 g/mol. The number of benzene rings is 2. The number of para-hydroxylation sites is 1. The molecular formula is C23H21N3O3. The molecule has 0 bridgehead atoms. The minimum Gasteiger partial charge on any atom is -0.493 e. The van der Waals surface area contributed by atoms with Gasteiger partial charge in [0.1, 0.15) is 5.65 Å². The first-order chi connectivity index (χ1) is 14.2. The van der Waals surface area contributed by atoms with Crippen LogP contribution in [0, 0.1) is 0 Å². The highest BCUT2D eigenvalue weighted by atomic mass is 16.5. The highest BCUT2D eigenvalue weighted by Crippen LogP contribution is 2.29. The second-order valence-corrected chi connectivity index (χ2v) is 6.55. The second-order valence-electron chi connectivity index (χ2n) is 6.55. The van der Waals surface area contributed by atoms with Crippen molar-refractivity contribution in [1.29, 1.82) is 0 Å². The SMILES string of the molecule is COc1ccc(CC(=O)Nc2ccccc2-c2cn3ccccc3n2)cc1OC. The maximum absolute atomic E-state index is 12.7. The number of carbonyl (C=O) groups is 1. The first-order valence-electron chi connectivity index (χ1n) is 9.22. The third-order valence-corrected chi connectivity index (χ3v) is 4.65. The minimum absolute atomic E-state index is 0.117. The lowest BCUT2D eigenvalue weighted by atomic mass is 10.1. The summed E-state index contributed by atoms with van der Waals surface area (Å²) in [7, 11) is 3.16. The van der Waals surface area contributed by atoms with Crippen molar-refractivity contribution in [3.63, 3.8) is 0 Å². The van der Waals surface area contributed by atoms with Gasteiger partial charge in [0.15, 0.2) is 11.5 Å². The van der Waals surface area contributed by atoms with Crippen molar-refractivity contribution in [2.24, 2.45) is 0 Å². The number of methoxy groups -OCH3 is 2. The average molecular weight is 387 g/mol. The number of carbonyl (C=O) groups excluding carboxylic acids is 1. The fraction of sp³-hybridized carbons (Fsp3) is 0.130. The van der Waals surface area contributed by atoms with Gasteiger partial charge in [-0.25, -0.2) is 4.98 Å². The molecule has 1 N–H and O–H groups in total. The summed E-state index contributed by atoms with van der Waals surface area (Å²) in [5, 5.41) is 3.01. The summed E-state index contributed by atoms with van der Waals surface area (Å²) < 4.78 is 12.5. The van der Waals surface area contributed by atoms with E-state index in [1.165, 1.54) is 0 Å². The third-order valence-electron chi connectivity index (χ3n) is 4.65. The molecule has 146 valence electrons. The summed E-state index contributed by atoms with van der Waals surface area (Å²) in [6.07, 6.45) is 4.12. The number of amides is 1. The number of imidazole rings is 1. The number of pyridine rings is 1. The van der Waals surface area contributed by atoms with Crippen LogP contribution in [0.3, 0.4) is 0 Å². The Morgan fingerprint density at radius 2 is 1.79 bits per heavy atom. The van der Waals surface area contributed by atoms with Crippen molar-refractivity contribution >= 4 is 17.2 Å². The Balaban J connectivity index is 1.56. The highest BCUT2D eigenvalue weighted by Gasteiger charge is 2.13. The number of rotatable bonds is 6. The number of aromatic nitrogens is 2. The van der Waals surface area contributed by atoms with E-state index in [4.69, 9.17) is 9.47 Å². The maximum Gasteiger partial charge on any atom is 0.228 e. The molecule has 1 amide bonds. The first kappa shape index (κ1) is 18.6. The third kappa shape index (κ3) is 3.91. The quantitative estimate of drug-likeness (QED) is 0.539. The van der Waals surface area contributed by atoms with Crippen molar-refractivity contribution < 1.29 is 14.3 Å². The molecule has 0 unspecified atom stereocenters. The summed E-state index contributed by atoms with van der Waals surface area (Å²) in [5.41, 5.74) is 4.09. The molecule has 2 aromatic heterocycles. The second kappa shape index (κ2) is 8.06. The lowest BCUT2D eigenvalue weighted by Crippen LogP contribution is -2.15. The van der Waals surface area contributed by atoms with Crippen LogP contribution in [0.1, 0.15) is 5.56 Å². The van der Waals surface area contributed by atoms with Crippen LogP contribution >= 0.6 is 0 Å². The van der Waals surface area contributed by atoms with Crippen LogP contribution in [0.4, 0.5) is 5.69 Å². The van der Waals surface area contributed by atoms with Crippen LogP contribution in [0.5, 0.6) is 11.5 Å². The molecule has 6 nitrogen and oxygen atoms in total. The van der Waals surface area contributed by atoms with Gasteiger partial charge in [0.2, 0.25) is 5.91 Å². The van der Waals surface area contributed by atoms with Gasteiger partial charge >= 0.3 is 0 Å². The van der Waals surface area contributed by atoms with Gasteiger partial charge < -0.3 is 19.2 Å². The summed E-state index contributed by atoms with van der Waals surface area (Å²) >= 11 is 0. The molecule has 2 aromatic carbocycles. The summed E-state index contributed by atoms with van der Waals surface area (Å²) in [6.45, 7) is 0. The van der Waals surface area contributed by atoms with Crippen LogP contribution in [0.2, 0.25) is 0 Å². The van der Waals surface area contributed by atoms with E-state index in [2.05, 4.69) is 10.3 Å². The molecule has 0 aliphatic carbocycles.